The van der Waals surface area contributed by atoms with E-state index in [4.69, 9.17) is 11.6 Å². The first kappa shape index (κ1) is 14.9. The Morgan fingerprint density at radius 3 is 2.45 bits per heavy atom. The molecular formula is C13H13ClN2O3S. The summed E-state index contributed by atoms with van der Waals surface area (Å²) in [5.41, 5.74) is 0.681. The van der Waals surface area contributed by atoms with Crippen molar-refractivity contribution in [3.8, 4) is 0 Å². The van der Waals surface area contributed by atoms with E-state index in [0.29, 0.717) is 5.56 Å². The van der Waals surface area contributed by atoms with Crippen LogP contribution in [0.2, 0.25) is 5.15 Å². The van der Waals surface area contributed by atoms with Crippen molar-refractivity contribution < 1.29 is 13.5 Å². The smallest absolute Gasteiger partial charge is 0.242 e. The minimum Gasteiger partial charge on any atom is -0.394 e. The second-order valence-electron chi connectivity index (χ2n) is 4.08. The van der Waals surface area contributed by atoms with Gasteiger partial charge in [0, 0.05) is 6.20 Å². The highest BCUT2D eigenvalue weighted by Gasteiger charge is 2.21. The molecule has 0 bridgehead atoms. The maximum absolute atomic E-state index is 12.2. The van der Waals surface area contributed by atoms with Crippen molar-refractivity contribution in [2.75, 3.05) is 6.61 Å². The highest BCUT2D eigenvalue weighted by molar-refractivity contribution is 7.89. The number of rotatable bonds is 5. The molecule has 0 unspecified atom stereocenters. The number of benzene rings is 1. The summed E-state index contributed by atoms with van der Waals surface area (Å²) in [7, 11) is -3.77. The van der Waals surface area contributed by atoms with E-state index in [1.807, 2.05) is 6.07 Å². The molecule has 0 fully saturated rings. The van der Waals surface area contributed by atoms with Gasteiger partial charge in [0.25, 0.3) is 0 Å². The number of aromatic nitrogens is 1. The summed E-state index contributed by atoms with van der Waals surface area (Å²) in [6.45, 7) is -0.343. The van der Waals surface area contributed by atoms with Crippen molar-refractivity contribution in [3.05, 3.63) is 59.4 Å². The largest absolute Gasteiger partial charge is 0.394 e. The molecule has 1 heterocycles. The number of halogens is 1. The van der Waals surface area contributed by atoms with Crippen LogP contribution in [-0.4, -0.2) is 25.1 Å². The van der Waals surface area contributed by atoms with E-state index in [1.165, 1.54) is 18.3 Å². The maximum Gasteiger partial charge on any atom is 0.242 e. The van der Waals surface area contributed by atoms with Crippen LogP contribution in [0.25, 0.3) is 0 Å². The van der Waals surface area contributed by atoms with Crippen molar-refractivity contribution in [1.82, 2.24) is 9.71 Å². The average Bonchev–Trinajstić information content (AvgIpc) is 2.46. The molecule has 2 N–H and O–H groups in total. The number of nitrogens with one attached hydrogen (secondary N) is 1. The fraction of sp³-hybridized carbons (Fsp3) is 0.154. The first-order chi connectivity index (χ1) is 9.53. The van der Waals surface area contributed by atoms with Crippen LogP contribution in [0.1, 0.15) is 11.6 Å². The zero-order valence-electron chi connectivity index (χ0n) is 10.4. The SMILES string of the molecule is O=S(=O)(N[C@H](CO)c1ccccc1)c1ccc(Cl)nc1. The molecule has 0 aliphatic carbocycles. The zero-order valence-corrected chi connectivity index (χ0v) is 12.0. The van der Waals surface area contributed by atoms with Crippen LogP contribution in [-0.2, 0) is 10.0 Å². The summed E-state index contributed by atoms with van der Waals surface area (Å²) in [6, 6.07) is 10.9. The second kappa shape index (κ2) is 6.32. The molecule has 0 aliphatic rings. The van der Waals surface area contributed by atoms with Gasteiger partial charge in [0.05, 0.1) is 12.6 Å². The Kier molecular flexibility index (Phi) is 4.72. The van der Waals surface area contributed by atoms with Crippen LogP contribution in [0.4, 0.5) is 0 Å². The minimum absolute atomic E-state index is 0.00344. The van der Waals surface area contributed by atoms with E-state index in [1.54, 1.807) is 24.3 Å². The van der Waals surface area contributed by atoms with Crippen LogP contribution < -0.4 is 4.72 Å². The molecule has 20 heavy (non-hydrogen) atoms. The predicted molar refractivity (Wildman–Crippen MR) is 75.8 cm³/mol. The van der Waals surface area contributed by atoms with Crippen LogP contribution >= 0.6 is 11.6 Å². The highest BCUT2D eigenvalue weighted by Crippen LogP contribution is 2.17. The van der Waals surface area contributed by atoms with E-state index in [9.17, 15) is 13.5 Å². The molecule has 0 aliphatic heterocycles. The molecule has 1 aromatic carbocycles. The lowest BCUT2D eigenvalue weighted by atomic mass is 10.1. The third-order valence-electron chi connectivity index (χ3n) is 2.69. The number of sulfonamides is 1. The number of aliphatic hydroxyl groups excluding tert-OH is 1. The molecule has 2 aromatic rings. The molecule has 0 spiro atoms. The summed E-state index contributed by atoms with van der Waals surface area (Å²) in [4.78, 5) is 3.73. The quantitative estimate of drug-likeness (QED) is 0.824. The van der Waals surface area contributed by atoms with E-state index in [2.05, 4.69) is 9.71 Å². The van der Waals surface area contributed by atoms with Gasteiger partial charge < -0.3 is 5.11 Å². The number of hydrogen-bond donors (Lipinski definition) is 2. The highest BCUT2D eigenvalue weighted by atomic mass is 35.5. The molecule has 5 nitrogen and oxygen atoms in total. The molecular weight excluding hydrogens is 300 g/mol. The average molecular weight is 313 g/mol. The minimum atomic E-state index is -3.77. The lowest BCUT2D eigenvalue weighted by Gasteiger charge is -2.16. The number of aliphatic hydroxyl groups is 1. The summed E-state index contributed by atoms with van der Waals surface area (Å²) in [6.07, 6.45) is 1.17. The molecule has 106 valence electrons. The van der Waals surface area contributed by atoms with Crippen molar-refractivity contribution in [2.24, 2.45) is 0 Å². The first-order valence-electron chi connectivity index (χ1n) is 5.82. The first-order valence-corrected chi connectivity index (χ1v) is 7.69. The van der Waals surface area contributed by atoms with Gasteiger partial charge in [0.15, 0.2) is 0 Å². The molecule has 1 aromatic heterocycles. The Balaban J connectivity index is 2.24. The molecule has 7 heteroatoms. The normalized spacial score (nSPS) is 13.1. The van der Waals surface area contributed by atoms with Gasteiger partial charge in [-0.15, -0.1) is 0 Å². The third kappa shape index (κ3) is 3.55. The van der Waals surface area contributed by atoms with Gasteiger partial charge in [-0.05, 0) is 17.7 Å². The monoisotopic (exact) mass is 312 g/mol. The lowest BCUT2D eigenvalue weighted by Crippen LogP contribution is -2.30. The Hall–Kier alpha value is -1.47. The Morgan fingerprint density at radius 1 is 1.20 bits per heavy atom. The van der Waals surface area contributed by atoms with Crippen LogP contribution in [0.5, 0.6) is 0 Å². The van der Waals surface area contributed by atoms with Crippen LogP contribution in [0, 0.1) is 0 Å². The second-order valence-corrected chi connectivity index (χ2v) is 6.18. The summed E-state index contributed by atoms with van der Waals surface area (Å²) in [5, 5.41) is 9.58. The molecule has 0 saturated heterocycles. The Morgan fingerprint density at radius 2 is 1.90 bits per heavy atom. The van der Waals surface area contributed by atoms with Gasteiger partial charge in [0.2, 0.25) is 10.0 Å². The topological polar surface area (TPSA) is 79.3 Å². The molecule has 1 atom stereocenters. The fourth-order valence-electron chi connectivity index (χ4n) is 1.67. The molecule has 2 rings (SSSR count). The third-order valence-corrected chi connectivity index (χ3v) is 4.37. The van der Waals surface area contributed by atoms with Gasteiger partial charge >= 0.3 is 0 Å². The van der Waals surface area contributed by atoms with Crippen molar-refractivity contribution in [1.29, 1.82) is 0 Å². The number of nitrogens with zero attached hydrogens (tertiary/aromatic N) is 1. The van der Waals surface area contributed by atoms with E-state index < -0.39 is 16.1 Å². The standard InChI is InChI=1S/C13H13ClN2O3S/c14-13-7-6-11(8-15-13)20(18,19)16-12(9-17)10-4-2-1-3-5-10/h1-8,12,16-17H,9H2/t12-/m1/s1. The zero-order chi connectivity index (χ0) is 14.6. The van der Waals surface area contributed by atoms with Gasteiger partial charge in [-0.25, -0.2) is 18.1 Å². The van der Waals surface area contributed by atoms with Gasteiger partial charge in [-0.1, -0.05) is 41.9 Å². The summed E-state index contributed by atoms with van der Waals surface area (Å²) >= 11 is 5.62. The Bertz CT molecular complexity index is 660. The van der Waals surface area contributed by atoms with Crippen LogP contribution in [0.15, 0.2) is 53.6 Å². The molecule has 0 radical (unpaired) electrons. The fourth-order valence-corrected chi connectivity index (χ4v) is 2.94. The van der Waals surface area contributed by atoms with Gasteiger partial charge in [-0.2, -0.15) is 0 Å². The van der Waals surface area contributed by atoms with E-state index >= 15 is 0 Å². The summed E-state index contributed by atoms with van der Waals surface area (Å²) < 4.78 is 26.8. The predicted octanol–water partition coefficient (Wildman–Crippen LogP) is 1.75. The summed E-state index contributed by atoms with van der Waals surface area (Å²) in [5.74, 6) is 0. The van der Waals surface area contributed by atoms with Crippen molar-refractivity contribution in [3.63, 3.8) is 0 Å². The number of pyridine rings is 1. The Labute approximate surface area is 122 Å². The lowest BCUT2D eigenvalue weighted by molar-refractivity contribution is 0.259. The van der Waals surface area contributed by atoms with Gasteiger partial charge in [0.1, 0.15) is 10.0 Å². The maximum atomic E-state index is 12.2. The van der Waals surface area contributed by atoms with Crippen molar-refractivity contribution >= 4 is 21.6 Å². The molecule has 0 amide bonds. The van der Waals surface area contributed by atoms with Crippen LogP contribution in [0.3, 0.4) is 0 Å². The number of hydrogen-bond acceptors (Lipinski definition) is 4. The van der Waals surface area contributed by atoms with Gasteiger partial charge in [-0.3, -0.25) is 0 Å². The van der Waals surface area contributed by atoms with Crippen molar-refractivity contribution in [2.45, 2.75) is 10.9 Å². The molecule has 0 saturated carbocycles. The van der Waals surface area contributed by atoms with E-state index in [0.717, 1.165) is 0 Å². The van der Waals surface area contributed by atoms with E-state index in [-0.39, 0.29) is 16.7 Å².